The van der Waals surface area contributed by atoms with E-state index in [-0.39, 0.29) is 11.3 Å². The maximum Gasteiger partial charge on any atom is 0.309 e. The summed E-state index contributed by atoms with van der Waals surface area (Å²) in [5.41, 5.74) is 1.53. The summed E-state index contributed by atoms with van der Waals surface area (Å²) in [5, 5.41) is 26.2. The van der Waals surface area contributed by atoms with E-state index < -0.39 is 4.92 Å². The van der Waals surface area contributed by atoms with E-state index in [1.54, 1.807) is 12.1 Å². The lowest BCUT2D eigenvalue weighted by Gasteiger charge is -2.15. The third-order valence-corrected chi connectivity index (χ3v) is 3.00. The van der Waals surface area contributed by atoms with Gasteiger partial charge in [0.05, 0.1) is 4.92 Å². The van der Waals surface area contributed by atoms with Crippen molar-refractivity contribution in [2.45, 2.75) is 6.42 Å². The number of nitro benzene ring substituents is 1. The van der Waals surface area contributed by atoms with E-state index in [4.69, 9.17) is 5.26 Å². The van der Waals surface area contributed by atoms with E-state index >= 15 is 0 Å². The number of para-hydroxylation sites is 1. The van der Waals surface area contributed by atoms with Crippen LogP contribution in [0.25, 0.3) is 0 Å². The Labute approximate surface area is 110 Å². The number of hydrogen-bond donors (Lipinski definition) is 2. The van der Waals surface area contributed by atoms with Crippen LogP contribution in [0.15, 0.2) is 29.8 Å². The number of nitro groups is 1. The highest BCUT2D eigenvalue weighted by molar-refractivity contribution is 5.68. The van der Waals surface area contributed by atoms with Crippen molar-refractivity contribution < 1.29 is 4.92 Å². The first-order valence-electron chi connectivity index (χ1n) is 6.02. The highest BCUT2D eigenvalue weighted by Crippen LogP contribution is 2.28. The van der Waals surface area contributed by atoms with E-state index in [0.29, 0.717) is 12.2 Å². The maximum absolute atomic E-state index is 11.0. The number of hydrogen-bond acceptors (Lipinski definition) is 5. The standard InChI is InChI=1S/C13H14N4O2/c14-8-11-2-1-3-12(13(11)17(18)19)16-9-10-4-6-15-7-5-10/h1-4,15-16H,5-7,9H2. The molecule has 98 valence electrons. The number of nitrogens with zero attached hydrogens (tertiary/aromatic N) is 2. The van der Waals surface area contributed by atoms with Gasteiger partial charge < -0.3 is 10.6 Å². The molecule has 2 N–H and O–H groups in total. The largest absolute Gasteiger partial charge is 0.376 e. The van der Waals surface area contributed by atoms with E-state index in [0.717, 1.165) is 19.5 Å². The average molecular weight is 258 g/mol. The molecule has 6 heteroatoms. The summed E-state index contributed by atoms with van der Waals surface area (Å²) >= 11 is 0. The molecule has 0 bridgehead atoms. The lowest BCUT2D eigenvalue weighted by Crippen LogP contribution is -2.23. The van der Waals surface area contributed by atoms with Crippen LogP contribution in [-0.4, -0.2) is 24.6 Å². The van der Waals surface area contributed by atoms with Gasteiger partial charge in [-0.25, -0.2) is 0 Å². The van der Waals surface area contributed by atoms with Gasteiger partial charge in [0.25, 0.3) is 0 Å². The summed E-state index contributed by atoms with van der Waals surface area (Å²) in [6.45, 7) is 2.32. The quantitative estimate of drug-likeness (QED) is 0.488. The van der Waals surface area contributed by atoms with Crippen LogP contribution in [0.2, 0.25) is 0 Å². The minimum Gasteiger partial charge on any atom is -0.376 e. The third-order valence-electron chi connectivity index (χ3n) is 3.00. The van der Waals surface area contributed by atoms with Gasteiger partial charge in [0.2, 0.25) is 0 Å². The molecule has 0 radical (unpaired) electrons. The monoisotopic (exact) mass is 258 g/mol. The van der Waals surface area contributed by atoms with Gasteiger partial charge in [-0.2, -0.15) is 5.26 Å². The number of benzene rings is 1. The predicted octanol–water partition coefficient (Wildman–Crippen LogP) is 1.80. The molecule has 1 aliphatic rings. The first-order valence-corrected chi connectivity index (χ1v) is 6.02. The van der Waals surface area contributed by atoms with Crippen molar-refractivity contribution in [3.8, 4) is 6.07 Å². The topological polar surface area (TPSA) is 91.0 Å². The van der Waals surface area contributed by atoms with Crippen LogP contribution < -0.4 is 10.6 Å². The van der Waals surface area contributed by atoms with Crippen LogP contribution in [0.3, 0.4) is 0 Å². The number of nitrogens with one attached hydrogen (secondary N) is 2. The molecule has 0 aromatic heterocycles. The van der Waals surface area contributed by atoms with E-state index in [1.807, 2.05) is 6.07 Å². The Morgan fingerprint density at radius 1 is 1.53 bits per heavy atom. The van der Waals surface area contributed by atoms with Crippen LogP contribution in [0.5, 0.6) is 0 Å². The Kier molecular flexibility index (Phi) is 4.11. The Bertz CT molecular complexity index is 560. The molecule has 0 unspecified atom stereocenters. The lowest BCUT2D eigenvalue weighted by molar-refractivity contribution is -0.384. The van der Waals surface area contributed by atoms with Crippen molar-refractivity contribution in [3.63, 3.8) is 0 Å². The van der Waals surface area contributed by atoms with Gasteiger partial charge in [0, 0.05) is 13.1 Å². The van der Waals surface area contributed by atoms with Crippen LogP contribution in [0, 0.1) is 21.4 Å². The Morgan fingerprint density at radius 2 is 2.37 bits per heavy atom. The SMILES string of the molecule is N#Cc1cccc(NCC2=CCNCC2)c1[N+](=O)[O-]. The first kappa shape index (κ1) is 13.1. The summed E-state index contributed by atoms with van der Waals surface area (Å²) < 4.78 is 0. The zero-order chi connectivity index (χ0) is 13.7. The molecule has 0 fully saturated rings. The zero-order valence-electron chi connectivity index (χ0n) is 10.3. The van der Waals surface area contributed by atoms with Gasteiger partial charge in [0.1, 0.15) is 17.3 Å². The van der Waals surface area contributed by atoms with Crippen LogP contribution in [-0.2, 0) is 0 Å². The fraction of sp³-hybridized carbons (Fsp3) is 0.308. The minimum atomic E-state index is -0.516. The second-order valence-electron chi connectivity index (χ2n) is 4.24. The van der Waals surface area contributed by atoms with Crippen LogP contribution in [0.1, 0.15) is 12.0 Å². The van der Waals surface area contributed by atoms with Gasteiger partial charge in [-0.1, -0.05) is 17.7 Å². The Morgan fingerprint density at radius 3 is 3.00 bits per heavy atom. The Hall–Kier alpha value is -2.39. The van der Waals surface area contributed by atoms with E-state index in [9.17, 15) is 10.1 Å². The normalized spacial score (nSPS) is 14.4. The minimum absolute atomic E-state index is 0.0780. The molecule has 0 saturated heterocycles. The molecule has 19 heavy (non-hydrogen) atoms. The molecule has 1 heterocycles. The molecule has 1 aromatic rings. The van der Waals surface area contributed by atoms with Gasteiger partial charge >= 0.3 is 5.69 Å². The molecule has 2 rings (SSSR count). The number of anilines is 1. The van der Waals surface area contributed by atoms with Crippen LogP contribution in [0.4, 0.5) is 11.4 Å². The van der Waals surface area contributed by atoms with E-state index in [2.05, 4.69) is 16.7 Å². The maximum atomic E-state index is 11.0. The molecule has 1 aromatic carbocycles. The fourth-order valence-corrected chi connectivity index (χ4v) is 2.01. The molecule has 0 spiro atoms. The molecule has 0 amide bonds. The van der Waals surface area contributed by atoms with Crippen molar-refractivity contribution in [2.24, 2.45) is 0 Å². The summed E-state index contributed by atoms with van der Waals surface area (Å²) in [6, 6.07) is 6.57. The smallest absolute Gasteiger partial charge is 0.309 e. The average Bonchev–Trinajstić information content (AvgIpc) is 2.45. The summed E-state index contributed by atoms with van der Waals surface area (Å²) in [5.74, 6) is 0. The highest BCUT2D eigenvalue weighted by atomic mass is 16.6. The van der Waals surface area contributed by atoms with Crippen LogP contribution >= 0.6 is 0 Å². The van der Waals surface area contributed by atoms with Crippen molar-refractivity contribution in [1.29, 1.82) is 5.26 Å². The Balaban J connectivity index is 2.18. The van der Waals surface area contributed by atoms with Gasteiger partial charge in [-0.05, 0) is 25.1 Å². The zero-order valence-corrected chi connectivity index (χ0v) is 10.3. The molecule has 6 nitrogen and oxygen atoms in total. The number of nitriles is 1. The predicted molar refractivity (Wildman–Crippen MR) is 71.9 cm³/mol. The van der Waals surface area contributed by atoms with Crippen molar-refractivity contribution >= 4 is 11.4 Å². The molecule has 1 aliphatic heterocycles. The second-order valence-corrected chi connectivity index (χ2v) is 4.24. The molecule has 0 atom stereocenters. The van der Waals surface area contributed by atoms with E-state index in [1.165, 1.54) is 11.6 Å². The fourth-order valence-electron chi connectivity index (χ4n) is 2.01. The van der Waals surface area contributed by atoms with Crippen molar-refractivity contribution in [2.75, 3.05) is 25.0 Å². The molecular weight excluding hydrogens is 244 g/mol. The number of rotatable bonds is 4. The van der Waals surface area contributed by atoms with Gasteiger partial charge in [-0.15, -0.1) is 0 Å². The molecule has 0 aliphatic carbocycles. The summed E-state index contributed by atoms with van der Waals surface area (Å²) in [7, 11) is 0. The van der Waals surface area contributed by atoms with Gasteiger partial charge in [-0.3, -0.25) is 10.1 Å². The third kappa shape index (κ3) is 3.09. The summed E-state index contributed by atoms with van der Waals surface area (Å²) in [6.07, 6.45) is 3.01. The van der Waals surface area contributed by atoms with Crippen molar-refractivity contribution in [3.05, 3.63) is 45.5 Å². The first-order chi connectivity index (χ1) is 9.22. The lowest BCUT2D eigenvalue weighted by atomic mass is 10.1. The molecule has 0 saturated carbocycles. The summed E-state index contributed by atoms with van der Waals surface area (Å²) in [4.78, 5) is 10.5. The second kappa shape index (κ2) is 5.98. The van der Waals surface area contributed by atoms with Crippen molar-refractivity contribution in [1.82, 2.24) is 5.32 Å². The van der Waals surface area contributed by atoms with Gasteiger partial charge in [0.15, 0.2) is 0 Å². The highest BCUT2D eigenvalue weighted by Gasteiger charge is 2.19. The molecular formula is C13H14N4O2.